The fourth-order valence-electron chi connectivity index (χ4n) is 2.02. The van der Waals surface area contributed by atoms with Crippen molar-refractivity contribution in [3.63, 3.8) is 0 Å². The standard InChI is InChI=1S/C12H16N2O3S.ClH/c1-18(16,17)11-5-3-2-4-10(11)12(15)14-9-6-7-13-8-9;/h2-5,9,13H,6-8H2,1H3,(H,14,15);1H. The molecule has 1 aliphatic rings. The third-order valence-electron chi connectivity index (χ3n) is 2.93. The molecule has 5 nitrogen and oxygen atoms in total. The van der Waals surface area contributed by atoms with E-state index in [1.165, 1.54) is 12.1 Å². The summed E-state index contributed by atoms with van der Waals surface area (Å²) in [7, 11) is -3.39. The van der Waals surface area contributed by atoms with Crippen LogP contribution >= 0.6 is 12.4 Å². The van der Waals surface area contributed by atoms with Crippen LogP contribution in [0.1, 0.15) is 16.8 Å². The molecule has 0 bridgehead atoms. The predicted octanol–water partition coefficient (Wildman–Crippen LogP) is 0.604. The van der Waals surface area contributed by atoms with Gasteiger partial charge >= 0.3 is 0 Å². The van der Waals surface area contributed by atoms with Crippen LogP contribution in [0.4, 0.5) is 0 Å². The number of carbonyl (C=O) groups is 1. The average Bonchev–Trinajstić information content (AvgIpc) is 2.80. The highest BCUT2D eigenvalue weighted by Gasteiger charge is 2.22. The Labute approximate surface area is 119 Å². The van der Waals surface area contributed by atoms with E-state index in [2.05, 4.69) is 10.6 Å². The lowest BCUT2D eigenvalue weighted by Crippen LogP contribution is -2.36. The summed E-state index contributed by atoms with van der Waals surface area (Å²) in [5.41, 5.74) is 0.215. The Morgan fingerprint density at radius 1 is 1.37 bits per heavy atom. The van der Waals surface area contributed by atoms with Crippen LogP contribution in [0.5, 0.6) is 0 Å². The summed E-state index contributed by atoms with van der Waals surface area (Å²) < 4.78 is 23.2. The number of rotatable bonds is 3. The van der Waals surface area contributed by atoms with Gasteiger partial charge in [0, 0.05) is 18.8 Å². The second-order valence-corrected chi connectivity index (χ2v) is 6.42. The minimum atomic E-state index is -3.39. The van der Waals surface area contributed by atoms with Crippen LogP contribution in [0, 0.1) is 0 Å². The van der Waals surface area contributed by atoms with E-state index in [9.17, 15) is 13.2 Å². The topological polar surface area (TPSA) is 75.3 Å². The average molecular weight is 305 g/mol. The van der Waals surface area contributed by atoms with Gasteiger partial charge in [-0.3, -0.25) is 4.79 Å². The van der Waals surface area contributed by atoms with E-state index in [0.29, 0.717) is 0 Å². The molecule has 1 aliphatic heterocycles. The molecule has 0 spiro atoms. The van der Waals surface area contributed by atoms with E-state index < -0.39 is 9.84 Å². The van der Waals surface area contributed by atoms with E-state index in [1.54, 1.807) is 12.1 Å². The summed E-state index contributed by atoms with van der Waals surface area (Å²) in [6, 6.07) is 6.34. The van der Waals surface area contributed by atoms with Crippen molar-refractivity contribution in [3.8, 4) is 0 Å². The number of hydrogen-bond acceptors (Lipinski definition) is 4. The zero-order valence-electron chi connectivity index (χ0n) is 10.5. The molecule has 106 valence electrons. The molecule has 0 aromatic heterocycles. The molecule has 1 aromatic carbocycles. The van der Waals surface area contributed by atoms with Crippen molar-refractivity contribution in [1.29, 1.82) is 0 Å². The van der Waals surface area contributed by atoms with Crippen LogP contribution in [-0.4, -0.2) is 39.7 Å². The Kier molecular flexibility index (Phi) is 5.34. The van der Waals surface area contributed by atoms with Crippen molar-refractivity contribution >= 4 is 28.2 Å². The summed E-state index contributed by atoms with van der Waals surface area (Å²) in [6.45, 7) is 1.60. The molecule has 7 heteroatoms. The van der Waals surface area contributed by atoms with E-state index >= 15 is 0 Å². The summed E-state index contributed by atoms with van der Waals surface area (Å²) in [5, 5.41) is 5.98. The SMILES string of the molecule is CS(=O)(=O)c1ccccc1C(=O)NC1CCNC1.Cl. The molecule has 2 rings (SSSR count). The molecule has 1 saturated heterocycles. The van der Waals surface area contributed by atoms with E-state index in [1.807, 2.05) is 0 Å². The smallest absolute Gasteiger partial charge is 0.252 e. The van der Waals surface area contributed by atoms with Crippen LogP contribution in [0.2, 0.25) is 0 Å². The van der Waals surface area contributed by atoms with Crippen LogP contribution < -0.4 is 10.6 Å². The highest BCUT2D eigenvalue weighted by atomic mass is 35.5. The lowest BCUT2D eigenvalue weighted by Gasteiger charge is -2.13. The number of sulfone groups is 1. The van der Waals surface area contributed by atoms with Crippen molar-refractivity contribution in [1.82, 2.24) is 10.6 Å². The Balaban J connectivity index is 0.00000180. The lowest BCUT2D eigenvalue weighted by atomic mass is 10.2. The van der Waals surface area contributed by atoms with Crippen LogP contribution in [0.3, 0.4) is 0 Å². The number of amides is 1. The molecule has 2 N–H and O–H groups in total. The zero-order valence-corrected chi connectivity index (χ0v) is 12.2. The highest BCUT2D eigenvalue weighted by Crippen LogP contribution is 2.15. The van der Waals surface area contributed by atoms with Gasteiger partial charge in [0.15, 0.2) is 9.84 Å². The highest BCUT2D eigenvalue weighted by molar-refractivity contribution is 7.90. The summed E-state index contributed by atoms with van der Waals surface area (Å²) in [4.78, 5) is 12.1. The molecule has 1 heterocycles. The lowest BCUT2D eigenvalue weighted by molar-refractivity contribution is 0.0936. The van der Waals surface area contributed by atoms with Crippen molar-refractivity contribution in [2.24, 2.45) is 0 Å². The fourth-order valence-corrected chi connectivity index (χ4v) is 2.90. The Bertz CT molecular complexity index is 554. The molecule has 1 amide bonds. The molecule has 1 unspecified atom stereocenters. The minimum Gasteiger partial charge on any atom is -0.348 e. The van der Waals surface area contributed by atoms with Crippen molar-refractivity contribution in [2.45, 2.75) is 17.4 Å². The molecular weight excluding hydrogens is 288 g/mol. The number of halogens is 1. The van der Waals surface area contributed by atoms with Gasteiger partial charge in [-0.1, -0.05) is 12.1 Å². The first-order valence-electron chi connectivity index (χ1n) is 5.79. The molecule has 1 fully saturated rings. The predicted molar refractivity (Wildman–Crippen MR) is 75.5 cm³/mol. The quantitative estimate of drug-likeness (QED) is 0.858. The van der Waals surface area contributed by atoms with Gasteiger partial charge in [0.1, 0.15) is 0 Å². The Morgan fingerprint density at radius 3 is 2.63 bits per heavy atom. The van der Waals surface area contributed by atoms with E-state index in [0.717, 1.165) is 25.8 Å². The summed E-state index contributed by atoms with van der Waals surface area (Å²) >= 11 is 0. The van der Waals surface area contributed by atoms with Crippen molar-refractivity contribution in [3.05, 3.63) is 29.8 Å². The number of benzene rings is 1. The Morgan fingerprint density at radius 2 is 2.05 bits per heavy atom. The van der Waals surface area contributed by atoms with Gasteiger partial charge < -0.3 is 10.6 Å². The molecule has 0 saturated carbocycles. The number of nitrogens with one attached hydrogen (secondary N) is 2. The van der Waals surface area contributed by atoms with Gasteiger partial charge in [0.25, 0.3) is 5.91 Å². The van der Waals surface area contributed by atoms with Gasteiger partial charge in [-0.05, 0) is 25.1 Å². The largest absolute Gasteiger partial charge is 0.348 e. The van der Waals surface area contributed by atoms with Gasteiger partial charge in [0.05, 0.1) is 10.5 Å². The molecule has 0 aliphatic carbocycles. The first-order chi connectivity index (χ1) is 8.48. The van der Waals surface area contributed by atoms with Gasteiger partial charge in [-0.25, -0.2) is 8.42 Å². The minimum absolute atomic E-state index is 0. The van der Waals surface area contributed by atoms with Crippen LogP contribution in [0.25, 0.3) is 0 Å². The summed E-state index contributed by atoms with van der Waals surface area (Å²) in [6.07, 6.45) is 1.98. The fraction of sp³-hybridized carbons (Fsp3) is 0.417. The van der Waals surface area contributed by atoms with E-state index in [-0.39, 0.29) is 34.8 Å². The Hall–Kier alpha value is -1.11. The second kappa shape index (κ2) is 6.36. The maximum Gasteiger partial charge on any atom is 0.252 e. The number of carbonyl (C=O) groups excluding carboxylic acids is 1. The molecule has 1 atom stereocenters. The van der Waals surface area contributed by atoms with Gasteiger partial charge in [0.2, 0.25) is 0 Å². The van der Waals surface area contributed by atoms with Crippen LogP contribution in [0.15, 0.2) is 29.2 Å². The maximum absolute atomic E-state index is 12.1. The molecule has 1 aromatic rings. The molecular formula is C12H17ClN2O3S. The normalized spacial score (nSPS) is 18.7. The monoisotopic (exact) mass is 304 g/mol. The van der Waals surface area contributed by atoms with Gasteiger partial charge in [-0.2, -0.15) is 0 Å². The van der Waals surface area contributed by atoms with Crippen molar-refractivity contribution in [2.75, 3.05) is 19.3 Å². The van der Waals surface area contributed by atoms with Crippen molar-refractivity contribution < 1.29 is 13.2 Å². The second-order valence-electron chi connectivity index (χ2n) is 4.43. The third kappa shape index (κ3) is 3.92. The van der Waals surface area contributed by atoms with E-state index in [4.69, 9.17) is 0 Å². The third-order valence-corrected chi connectivity index (χ3v) is 4.08. The first kappa shape index (κ1) is 15.9. The molecule has 0 radical (unpaired) electrons. The van der Waals surface area contributed by atoms with Crippen LogP contribution in [-0.2, 0) is 9.84 Å². The maximum atomic E-state index is 12.1. The molecule has 19 heavy (non-hydrogen) atoms. The van der Waals surface area contributed by atoms with Gasteiger partial charge in [-0.15, -0.1) is 12.4 Å². The number of hydrogen-bond donors (Lipinski definition) is 2. The first-order valence-corrected chi connectivity index (χ1v) is 7.68. The summed E-state index contributed by atoms with van der Waals surface area (Å²) in [5.74, 6) is -0.329. The zero-order chi connectivity index (χ0) is 13.2.